The van der Waals surface area contributed by atoms with Crippen LogP contribution in [0.4, 0.5) is 0 Å². The molecule has 2 nitrogen and oxygen atoms in total. The molecule has 1 heterocycles. The van der Waals surface area contributed by atoms with Crippen molar-refractivity contribution in [1.82, 2.24) is 9.78 Å². The molecule has 0 saturated carbocycles. The molecule has 0 bridgehead atoms. The Labute approximate surface area is 109 Å². The third-order valence-corrected chi connectivity index (χ3v) is 3.66. The smallest absolute Gasteiger partial charge is 0.0596 e. The molecule has 1 aromatic rings. The van der Waals surface area contributed by atoms with E-state index in [1.54, 1.807) is 0 Å². The summed E-state index contributed by atoms with van der Waals surface area (Å²) in [6, 6.07) is 2.16. The summed E-state index contributed by atoms with van der Waals surface area (Å²) >= 11 is 6.31. The molecule has 0 saturated heterocycles. The Hall–Kier alpha value is -0.760. The average Bonchev–Trinajstić information content (AvgIpc) is 2.41. The van der Waals surface area contributed by atoms with Gasteiger partial charge < -0.3 is 0 Å². The highest BCUT2D eigenvalue weighted by atomic mass is 35.5. The lowest BCUT2D eigenvalue weighted by Crippen LogP contribution is -2.23. The number of alkyl halides is 1. The first-order chi connectivity index (χ1) is 7.85. The molecule has 17 heavy (non-hydrogen) atoms. The first-order valence-electron chi connectivity index (χ1n) is 6.19. The van der Waals surface area contributed by atoms with Crippen molar-refractivity contribution in [2.75, 3.05) is 0 Å². The quantitative estimate of drug-likeness (QED) is 0.581. The van der Waals surface area contributed by atoms with Gasteiger partial charge >= 0.3 is 0 Å². The zero-order valence-electron chi connectivity index (χ0n) is 11.1. The monoisotopic (exact) mass is 252 g/mol. The van der Waals surface area contributed by atoms with E-state index in [-0.39, 0.29) is 5.38 Å². The van der Waals surface area contributed by atoms with Crippen molar-refractivity contribution in [3.8, 4) is 0 Å². The van der Waals surface area contributed by atoms with Crippen molar-refractivity contribution < 1.29 is 0 Å². The Bertz CT molecular complexity index is 443. The van der Waals surface area contributed by atoms with E-state index in [0.717, 1.165) is 25.0 Å². The van der Waals surface area contributed by atoms with Gasteiger partial charge in [-0.3, -0.25) is 4.68 Å². The molecule has 1 atom stereocenters. The Kier molecular flexibility index (Phi) is 3.35. The lowest BCUT2D eigenvalue weighted by Gasteiger charge is -2.32. The Morgan fingerprint density at radius 2 is 2.24 bits per heavy atom. The van der Waals surface area contributed by atoms with E-state index in [1.165, 1.54) is 11.3 Å². The standard InChI is InChI=1S/C14H21ClN2/c1-10-5-13(17(4)16-10)7-11-6-12(15)9-14(2,3)8-11/h5-6,12H,7-9H2,1-4H3. The van der Waals surface area contributed by atoms with Crippen LogP contribution in [0.2, 0.25) is 0 Å². The minimum Gasteiger partial charge on any atom is -0.272 e. The molecule has 0 radical (unpaired) electrons. The highest BCUT2D eigenvalue weighted by Crippen LogP contribution is 2.38. The van der Waals surface area contributed by atoms with Crippen molar-refractivity contribution in [3.05, 3.63) is 29.1 Å². The minimum absolute atomic E-state index is 0.183. The van der Waals surface area contributed by atoms with E-state index in [1.807, 2.05) is 18.7 Å². The molecule has 1 aliphatic carbocycles. The molecule has 0 amide bonds. The second kappa shape index (κ2) is 4.49. The third kappa shape index (κ3) is 3.12. The van der Waals surface area contributed by atoms with Crippen LogP contribution in [0.25, 0.3) is 0 Å². The Morgan fingerprint density at radius 3 is 2.76 bits per heavy atom. The van der Waals surface area contributed by atoms with Crippen molar-refractivity contribution in [2.24, 2.45) is 12.5 Å². The normalized spacial score (nSPS) is 23.6. The largest absolute Gasteiger partial charge is 0.272 e. The van der Waals surface area contributed by atoms with E-state index in [0.29, 0.717) is 5.41 Å². The van der Waals surface area contributed by atoms with Crippen LogP contribution in [0.3, 0.4) is 0 Å². The van der Waals surface area contributed by atoms with Crippen molar-refractivity contribution >= 4 is 11.6 Å². The topological polar surface area (TPSA) is 17.8 Å². The summed E-state index contributed by atoms with van der Waals surface area (Å²) in [7, 11) is 2.01. The SMILES string of the molecule is Cc1cc(CC2=CC(Cl)CC(C)(C)C2)n(C)n1. The molecule has 0 aliphatic heterocycles. The second-order valence-corrected chi connectivity index (χ2v) is 6.52. The zero-order valence-corrected chi connectivity index (χ0v) is 11.9. The Morgan fingerprint density at radius 1 is 1.53 bits per heavy atom. The van der Waals surface area contributed by atoms with Crippen LogP contribution in [0.15, 0.2) is 17.7 Å². The second-order valence-electron chi connectivity index (χ2n) is 5.96. The van der Waals surface area contributed by atoms with Crippen LogP contribution in [0.1, 0.15) is 38.1 Å². The van der Waals surface area contributed by atoms with Gasteiger partial charge in [-0.2, -0.15) is 5.10 Å². The van der Waals surface area contributed by atoms with Gasteiger partial charge in [0.05, 0.1) is 11.1 Å². The van der Waals surface area contributed by atoms with Crippen LogP contribution >= 0.6 is 11.6 Å². The lowest BCUT2D eigenvalue weighted by atomic mass is 9.76. The lowest BCUT2D eigenvalue weighted by molar-refractivity contribution is 0.320. The van der Waals surface area contributed by atoms with Crippen molar-refractivity contribution in [2.45, 2.75) is 45.4 Å². The molecule has 0 aromatic carbocycles. The molecule has 0 N–H and O–H groups in total. The predicted octanol–water partition coefficient (Wildman–Crippen LogP) is 3.62. The molecule has 0 fully saturated rings. The van der Waals surface area contributed by atoms with Crippen LogP contribution < -0.4 is 0 Å². The number of aromatic nitrogens is 2. The third-order valence-electron chi connectivity index (χ3n) is 3.38. The summed E-state index contributed by atoms with van der Waals surface area (Å²) in [4.78, 5) is 0. The maximum Gasteiger partial charge on any atom is 0.0596 e. The zero-order chi connectivity index (χ0) is 12.6. The molecule has 0 spiro atoms. The highest BCUT2D eigenvalue weighted by molar-refractivity contribution is 6.21. The van der Waals surface area contributed by atoms with Gasteiger partial charge in [-0.05, 0) is 31.2 Å². The number of aryl methyl sites for hydroxylation is 2. The van der Waals surface area contributed by atoms with Gasteiger partial charge in [0.15, 0.2) is 0 Å². The molecule has 1 aromatic heterocycles. The molecule has 94 valence electrons. The van der Waals surface area contributed by atoms with Gasteiger partial charge in [-0.1, -0.05) is 25.5 Å². The van der Waals surface area contributed by atoms with E-state index >= 15 is 0 Å². The summed E-state index contributed by atoms with van der Waals surface area (Å²) < 4.78 is 1.97. The van der Waals surface area contributed by atoms with Crippen LogP contribution in [0, 0.1) is 12.3 Å². The minimum atomic E-state index is 0.183. The highest BCUT2D eigenvalue weighted by Gasteiger charge is 2.27. The fourth-order valence-corrected chi connectivity index (χ4v) is 3.37. The van der Waals surface area contributed by atoms with Crippen molar-refractivity contribution in [1.29, 1.82) is 0 Å². The number of nitrogens with zero attached hydrogens (tertiary/aromatic N) is 2. The van der Waals surface area contributed by atoms with E-state index < -0.39 is 0 Å². The van der Waals surface area contributed by atoms with Gasteiger partial charge in [0.25, 0.3) is 0 Å². The maximum absolute atomic E-state index is 6.31. The molecule has 1 unspecified atom stereocenters. The molecule has 1 aliphatic rings. The summed E-state index contributed by atoms with van der Waals surface area (Å²) in [5.74, 6) is 0. The maximum atomic E-state index is 6.31. The Balaban J connectivity index is 2.16. The number of hydrogen-bond acceptors (Lipinski definition) is 1. The summed E-state index contributed by atoms with van der Waals surface area (Å²) in [6.07, 6.45) is 5.42. The summed E-state index contributed by atoms with van der Waals surface area (Å²) in [6.45, 7) is 6.63. The molecule has 3 heteroatoms. The predicted molar refractivity (Wildman–Crippen MR) is 72.4 cm³/mol. The fraction of sp³-hybridized carbons (Fsp3) is 0.643. The van der Waals surface area contributed by atoms with Gasteiger partial charge in [0.1, 0.15) is 0 Å². The van der Waals surface area contributed by atoms with Gasteiger partial charge in [0.2, 0.25) is 0 Å². The first kappa shape index (κ1) is 12.7. The number of allylic oxidation sites excluding steroid dienone is 2. The van der Waals surface area contributed by atoms with E-state index in [9.17, 15) is 0 Å². The van der Waals surface area contributed by atoms with Gasteiger partial charge in [0, 0.05) is 19.2 Å². The number of halogens is 1. The van der Waals surface area contributed by atoms with Crippen LogP contribution in [0.5, 0.6) is 0 Å². The van der Waals surface area contributed by atoms with Crippen LogP contribution in [-0.2, 0) is 13.5 Å². The van der Waals surface area contributed by atoms with Gasteiger partial charge in [-0.25, -0.2) is 0 Å². The van der Waals surface area contributed by atoms with Crippen LogP contribution in [-0.4, -0.2) is 15.2 Å². The van der Waals surface area contributed by atoms with E-state index in [4.69, 9.17) is 11.6 Å². The average molecular weight is 253 g/mol. The fourth-order valence-electron chi connectivity index (χ4n) is 2.77. The summed E-state index contributed by atoms with van der Waals surface area (Å²) in [5, 5.41) is 4.57. The van der Waals surface area contributed by atoms with E-state index in [2.05, 4.69) is 31.1 Å². The van der Waals surface area contributed by atoms with Crippen molar-refractivity contribution in [3.63, 3.8) is 0 Å². The molecular formula is C14H21ClN2. The molecule has 2 rings (SSSR count). The van der Waals surface area contributed by atoms with Gasteiger partial charge in [-0.15, -0.1) is 11.6 Å². The molecular weight excluding hydrogens is 232 g/mol. The number of rotatable bonds is 2. The summed E-state index contributed by atoms with van der Waals surface area (Å²) in [5.41, 5.74) is 4.13. The first-order valence-corrected chi connectivity index (χ1v) is 6.62. The number of hydrogen-bond donors (Lipinski definition) is 0.